The fourth-order valence-electron chi connectivity index (χ4n) is 3.43. The molecule has 4 aromatic carbocycles. The summed E-state index contributed by atoms with van der Waals surface area (Å²) in [6.07, 6.45) is 0. The number of ether oxygens (including phenoxy) is 2. The molecule has 0 radical (unpaired) electrons. The smallest absolute Gasteiger partial charge is 0.127 e. The zero-order valence-electron chi connectivity index (χ0n) is 18.8. The molecule has 2 heteroatoms. The van der Waals surface area contributed by atoms with Crippen molar-refractivity contribution >= 4 is 5.57 Å². The lowest BCUT2D eigenvalue weighted by Gasteiger charge is -2.10. The monoisotopic (exact) mass is 420 g/mol. The molecule has 0 amide bonds. The summed E-state index contributed by atoms with van der Waals surface area (Å²) in [4.78, 5) is 0. The average molecular weight is 421 g/mol. The van der Waals surface area contributed by atoms with Crippen LogP contribution in [0.2, 0.25) is 0 Å². The highest BCUT2D eigenvalue weighted by Gasteiger charge is 2.04. The second-order valence-electron chi connectivity index (χ2n) is 8.28. The Morgan fingerprint density at radius 2 is 0.906 bits per heavy atom. The zero-order chi connectivity index (χ0) is 22.5. The molecule has 0 saturated heterocycles. The molecule has 4 rings (SSSR count). The highest BCUT2D eigenvalue weighted by molar-refractivity contribution is 5.65. The standard InChI is InChI=1S/C30H28O2/c1-21(2)23-5-13-27(14-6-23)31-29-17-9-25(10-18-29)26-11-19-30(20-12-26)32-28-15-7-24(8-16-28)22(3)4/h5-20,22H,1H2,2-4H3. The van der Waals surface area contributed by atoms with Gasteiger partial charge < -0.3 is 9.47 Å². The molecule has 32 heavy (non-hydrogen) atoms. The van der Waals surface area contributed by atoms with Gasteiger partial charge in [-0.2, -0.15) is 0 Å². The molecule has 0 spiro atoms. The van der Waals surface area contributed by atoms with Gasteiger partial charge in [0.1, 0.15) is 23.0 Å². The molecule has 2 nitrogen and oxygen atoms in total. The van der Waals surface area contributed by atoms with Crippen molar-refractivity contribution in [2.24, 2.45) is 0 Å². The summed E-state index contributed by atoms with van der Waals surface area (Å²) in [5.41, 5.74) is 5.73. The van der Waals surface area contributed by atoms with E-state index in [1.54, 1.807) is 0 Å². The van der Waals surface area contributed by atoms with Crippen LogP contribution in [0, 0.1) is 0 Å². The van der Waals surface area contributed by atoms with E-state index in [0.29, 0.717) is 5.92 Å². The maximum atomic E-state index is 5.99. The maximum Gasteiger partial charge on any atom is 0.127 e. The summed E-state index contributed by atoms with van der Waals surface area (Å²) in [6.45, 7) is 10.3. The molecule has 0 aliphatic rings. The van der Waals surface area contributed by atoms with Gasteiger partial charge in [-0.1, -0.05) is 74.5 Å². The summed E-state index contributed by atoms with van der Waals surface area (Å²) in [5, 5.41) is 0. The zero-order valence-corrected chi connectivity index (χ0v) is 18.8. The van der Waals surface area contributed by atoms with Gasteiger partial charge in [0.15, 0.2) is 0 Å². The van der Waals surface area contributed by atoms with Crippen LogP contribution in [-0.4, -0.2) is 0 Å². The van der Waals surface area contributed by atoms with Crippen LogP contribution in [0.4, 0.5) is 0 Å². The maximum absolute atomic E-state index is 5.99. The van der Waals surface area contributed by atoms with E-state index in [1.165, 1.54) is 5.56 Å². The molecule has 0 aromatic heterocycles. The van der Waals surface area contributed by atoms with E-state index in [-0.39, 0.29) is 0 Å². The van der Waals surface area contributed by atoms with Gasteiger partial charge in [0, 0.05) is 0 Å². The van der Waals surface area contributed by atoms with Crippen molar-refractivity contribution in [1.29, 1.82) is 0 Å². The Bertz CT molecular complexity index is 1170. The van der Waals surface area contributed by atoms with Gasteiger partial charge in [0.05, 0.1) is 0 Å². The van der Waals surface area contributed by atoms with E-state index < -0.39 is 0 Å². The third-order valence-electron chi connectivity index (χ3n) is 5.41. The number of hydrogen-bond acceptors (Lipinski definition) is 2. The van der Waals surface area contributed by atoms with Crippen molar-refractivity contribution < 1.29 is 9.47 Å². The molecule has 0 atom stereocenters. The molecule has 0 aliphatic carbocycles. The van der Waals surface area contributed by atoms with Crippen LogP contribution in [0.3, 0.4) is 0 Å². The van der Waals surface area contributed by atoms with Crippen LogP contribution in [0.5, 0.6) is 23.0 Å². The van der Waals surface area contributed by atoms with Gasteiger partial charge >= 0.3 is 0 Å². The molecular formula is C30H28O2. The van der Waals surface area contributed by atoms with Crippen LogP contribution in [-0.2, 0) is 0 Å². The molecule has 160 valence electrons. The molecule has 0 N–H and O–H groups in total. The van der Waals surface area contributed by atoms with Crippen molar-refractivity contribution in [2.75, 3.05) is 0 Å². The Morgan fingerprint density at radius 1 is 0.562 bits per heavy atom. The molecule has 0 heterocycles. The Balaban J connectivity index is 1.40. The Labute approximate surface area is 190 Å². The fourth-order valence-corrected chi connectivity index (χ4v) is 3.43. The van der Waals surface area contributed by atoms with Gasteiger partial charge in [-0.15, -0.1) is 0 Å². The minimum Gasteiger partial charge on any atom is -0.457 e. The molecule has 0 fully saturated rings. The van der Waals surface area contributed by atoms with Crippen LogP contribution in [0.15, 0.2) is 104 Å². The summed E-state index contributed by atoms with van der Waals surface area (Å²) < 4.78 is 11.9. The summed E-state index contributed by atoms with van der Waals surface area (Å²) in [5.74, 6) is 3.80. The average Bonchev–Trinajstić information content (AvgIpc) is 2.81. The summed E-state index contributed by atoms with van der Waals surface area (Å²) in [7, 11) is 0. The topological polar surface area (TPSA) is 18.5 Å². The van der Waals surface area contributed by atoms with E-state index in [9.17, 15) is 0 Å². The SMILES string of the molecule is C=C(C)c1ccc(Oc2ccc(-c3ccc(Oc4ccc(C(C)C)cc4)cc3)cc2)cc1. The van der Waals surface area contributed by atoms with E-state index in [4.69, 9.17) is 9.47 Å². The molecular weight excluding hydrogens is 392 g/mol. The first kappa shape index (κ1) is 21.5. The van der Waals surface area contributed by atoms with Crippen molar-refractivity contribution in [1.82, 2.24) is 0 Å². The minimum absolute atomic E-state index is 0.516. The lowest BCUT2D eigenvalue weighted by molar-refractivity contribution is 0.482. The first-order valence-electron chi connectivity index (χ1n) is 10.9. The number of benzene rings is 4. The van der Waals surface area contributed by atoms with Gasteiger partial charge in [-0.3, -0.25) is 0 Å². The molecule has 0 unspecified atom stereocenters. The van der Waals surface area contributed by atoms with Gasteiger partial charge in [0.25, 0.3) is 0 Å². The fraction of sp³-hybridized carbons (Fsp3) is 0.133. The third-order valence-corrected chi connectivity index (χ3v) is 5.41. The molecule has 0 bridgehead atoms. The Kier molecular flexibility index (Phi) is 6.42. The largest absolute Gasteiger partial charge is 0.457 e. The van der Waals surface area contributed by atoms with Crippen molar-refractivity contribution in [2.45, 2.75) is 26.7 Å². The van der Waals surface area contributed by atoms with Crippen LogP contribution >= 0.6 is 0 Å². The van der Waals surface area contributed by atoms with Crippen molar-refractivity contribution in [3.63, 3.8) is 0 Å². The van der Waals surface area contributed by atoms with Gasteiger partial charge in [-0.05, 0) is 83.6 Å². The quantitative estimate of drug-likeness (QED) is 0.297. The molecule has 0 saturated carbocycles. The molecule has 0 aliphatic heterocycles. The first-order chi connectivity index (χ1) is 15.5. The predicted octanol–water partition coefficient (Wildman–Crippen LogP) is 9.09. The van der Waals surface area contributed by atoms with E-state index in [1.807, 2.05) is 67.6 Å². The minimum atomic E-state index is 0.516. The van der Waals surface area contributed by atoms with Gasteiger partial charge in [-0.25, -0.2) is 0 Å². The van der Waals surface area contributed by atoms with E-state index in [0.717, 1.165) is 45.3 Å². The number of allylic oxidation sites excluding steroid dienone is 1. The molecule has 4 aromatic rings. The Morgan fingerprint density at radius 3 is 1.25 bits per heavy atom. The van der Waals surface area contributed by atoms with Crippen molar-refractivity contribution in [3.05, 3.63) is 115 Å². The second kappa shape index (κ2) is 9.57. The Hall–Kier alpha value is -3.78. The summed E-state index contributed by atoms with van der Waals surface area (Å²) in [6, 6.07) is 32.5. The lowest BCUT2D eigenvalue weighted by atomic mass is 10.0. The number of hydrogen-bond donors (Lipinski definition) is 0. The second-order valence-corrected chi connectivity index (χ2v) is 8.28. The van der Waals surface area contributed by atoms with Crippen molar-refractivity contribution in [3.8, 4) is 34.1 Å². The van der Waals surface area contributed by atoms with Crippen LogP contribution < -0.4 is 9.47 Å². The summed E-state index contributed by atoms with van der Waals surface area (Å²) >= 11 is 0. The third kappa shape index (κ3) is 5.28. The highest BCUT2D eigenvalue weighted by Crippen LogP contribution is 2.29. The normalized spacial score (nSPS) is 10.8. The first-order valence-corrected chi connectivity index (χ1v) is 10.9. The van der Waals surface area contributed by atoms with Gasteiger partial charge in [0.2, 0.25) is 0 Å². The van der Waals surface area contributed by atoms with Crippen LogP contribution in [0.25, 0.3) is 16.7 Å². The van der Waals surface area contributed by atoms with Crippen LogP contribution in [0.1, 0.15) is 37.8 Å². The van der Waals surface area contributed by atoms with E-state index in [2.05, 4.69) is 56.8 Å². The van der Waals surface area contributed by atoms with E-state index >= 15 is 0 Å². The highest BCUT2D eigenvalue weighted by atomic mass is 16.5. The predicted molar refractivity (Wildman–Crippen MR) is 134 cm³/mol. The lowest BCUT2D eigenvalue weighted by Crippen LogP contribution is -1.88. The number of rotatable bonds is 7.